The molecule has 1 saturated carbocycles. The van der Waals surface area contributed by atoms with Crippen LogP contribution in [0.4, 0.5) is 0 Å². The summed E-state index contributed by atoms with van der Waals surface area (Å²) >= 11 is 1.47. The van der Waals surface area contributed by atoms with Crippen LogP contribution >= 0.6 is 11.8 Å². The average molecular weight is 276 g/mol. The van der Waals surface area contributed by atoms with Crippen molar-refractivity contribution in [2.75, 3.05) is 24.7 Å². The Labute approximate surface area is 111 Å². The topological polar surface area (TPSA) is 83.8 Å². The van der Waals surface area contributed by atoms with Gasteiger partial charge in [0.1, 0.15) is 5.78 Å². The van der Waals surface area contributed by atoms with Crippen LogP contribution in [0.3, 0.4) is 0 Å². The third-order valence-corrected chi connectivity index (χ3v) is 4.18. The Bertz CT molecular complexity index is 294. The molecule has 3 unspecified atom stereocenters. The first-order valence-corrected chi connectivity index (χ1v) is 7.21. The molecule has 0 radical (unpaired) electrons. The van der Waals surface area contributed by atoms with Gasteiger partial charge in [-0.15, -0.1) is 0 Å². The van der Waals surface area contributed by atoms with E-state index >= 15 is 0 Å². The number of esters is 1. The molecule has 0 aromatic carbocycles. The average Bonchev–Trinajstić information content (AvgIpc) is 2.67. The molecule has 0 bridgehead atoms. The summed E-state index contributed by atoms with van der Waals surface area (Å²) in [5.41, 5.74) is 0. The zero-order valence-electron chi connectivity index (χ0n) is 10.5. The Morgan fingerprint density at radius 3 is 2.94 bits per heavy atom. The monoisotopic (exact) mass is 276 g/mol. The third kappa shape index (κ3) is 5.37. The smallest absolute Gasteiger partial charge is 0.302 e. The molecule has 5 nitrogen and oxygen atoms in total. The summed E-state index contributed by atoms with van der Waals surface area (Å²) in [6.07, 6.45) is 0.499. The van der Waals surface area contributed by atoms with Crippen molar-refractivity contribution in [3.8, 4) is 0 Å². The van der Waals surface area contributed by atoms with Gasteiger partial charge in [-0.2, -0.15) is 11.8 Å². The number of carbonyl (C=O) groups is 2. The number of hydrogen-bond acceptors (Lipinski definition) is 6. The highest BCUT2D eigenvalue weighted by Crippen LogP contribution is 2.30. The lowest BCUT2D eigenvalue weighted by molar-refractivity contribution is -0.142. The number of Topliss-reactive ketones (excluding diaryl/α,β-unsaturated/α-hetero) is 1. The van der Waals surface area contributed by atoms with Crippen LogP contribution in [0.1, 0.15) is 19.8 Å². The lowest BCUT2D eigenvalue weighted by Crippen LogP contribution is -2.17. The predicted molar refractivity (Wildman–Crippen MR) is 68.3 cm³/mol. The molecule has 0 saturated heterocycles. The molecular weight excluding hydrogens is 256 g/mol. The predicted octanol–water partition coefficient (Wildman–Crippen LogP) is 0.231. The molecule has 6 heteroatoms. The van der Waals surface area contributed by atoms with Crippen molar-refractivity contribution < 1.29 is 24.5 Å². The van der Waals surface area contributed by atoms with E-state index in [1.807, 2.05) is 0 Å². The molecule has 0 spiro atoms. The van der Waals surface area contributed by atoms with Gasteiger partial charge >= 0.3 is 5.97 Å². The largest absolute Gasteiger partial charge is 0.466 e. The lowest BCUT2D eigenvalue weighted by atomic mass is 10.1. The lowest BCUT2D eigenvalue weighted by Gasteiger charge is -2.11. The zero-order chi connectivity index (χ0) is 13.5. The Hall–Kier alpha value is -0.590. The molecule has 0 aromatic rings. The number of rotatable bonds is 7. The van der Waals surface area contributed by atoms with Crippen molar-refractivity contribution in [2.45, 2.75) is 25.9 Å². The van der Waals surface area contributed by atoms with Gasteiger partial charge in [0, 0.05) is 36.7 Å². The van der Waals surface area contributed by atoms with E-state index in [0.29, 0.717) is 24.5 Å². The number of aliphatic hydroxyl groups excluding tert-OH is 2. The second-order valence-electron chi connectivity index (χ2n) is 4.65. The van der Waals surface area contributed by atoms with E-state index in [4.69, 9.17) is 9.84 Å². The molecule has 0 aromatic heterocycles. The maximum atomic E-state index is 11.7. The summed E-state index contributed by atoms with van der Waals surface area (Å²) in [5.74, 6) is 1.11. The quantitative estimate of drug-likeness (QED) is 0.648. The van der Waals surface area contributed by atoms with Crippen LogP contribution in [0, 0.1) is 11.8 Å². The molecule has 1 rings (SSSR count). The van der Waals surface area contributed by atoms with Gasteiger partial charge in [-0.05, 0) is 6.42 Å². The van der Waals surface area contributed by atoms with Gasteiger partial charge in [0.15, 0.2) is 0 Å². The molecule has 0 amide bonds. The summed E-state index contributed by atoms with van der Waals surface area (Å²) in [4.78, 5) is 22.4. The standard InChI is InChI=1S/C12H20O5S/c1-8(14)17-5-9-2-10(12(16)3-9)6-18-7-11(15)4-13/h9-11,13,15H,2-7H2,1H3. The highest BCUT2D eigenvalue weighted by molar-refractivity contribution is 7.99. The molecule has 1 aliphatic carbocycles. The van der Waals surface area contributed by atoms with Crippen molar-refractivity contribution in [2.24, 2.45) is 11.8 Å². The Morgan fingerprint density at radius 1 is 1.61 bits per heavy atom. The van der Waals surface area contributed by atoms with Gasteiger partial charge in [-0.25, -0.2) is 0 Å². The maximum Gasteiger partial charge on any atom is 0.302 e. The molecule has 1 aliphatic rings. The second-order valence-corrected chi connectivity index (χ2v) is 5.72. The number of ketones is 1. The van der Waals surface area contributed by atoms with E-state index in [9.17, 15) is 14.7 Å². The van der Waals surface area contributed by atoms with Gasteiger partial charge in [-0.1, -0.05) is 0 Å². The van der Waals surface area contributed by atoms with Crippen LogP contribution in [0.15, 0.2) is 0 Å². The molecule has 0 heterocycles. The van der Waals surface area contributed by atoms with Crippen LogP contribution < -0.4 is 0 Å². The summed E-state index contributed by atoms with van der Waals surface area (Å²) in [7, 11) is 0. The van der Waals surface area contributed by atoms with Crippen molar-refractivity contribution in [1.29, 1.82) is 0 Å². The van der Waals surface area contributed by atoms with Gasteiger partial charge < -0.3 is 14.9 Å². The number of aliphatic hydroxyl groups is 2. The van der Waals surface area contributed by atoms with Crippen LogP contribution in [0.2, 0.25) is 0 Å². The van der Waals surface area contributed by atoms with Gasteiger partial charge in [-0.3, -0.25) is 9.59 Å². The minimum Gasteiger partial charge on any atom is -0.466 e. The first-order valence-electron chi connectivity index (χ1n) is 6.05. The Kier molecular flexibility index (Phi) is 6.67. The molecule has 0 aliphatic heterocycles. The van der Waals surface area contributed by atoms with Crippen molar-refractivity contribution in [3.05, 3.63) is 0 Å². The fourth-order valence-corrected chi connectivity index (χ4v) is 3.11. The van der Waals surface area contributed by atoms with Crippen molar-refractivity contribution in [3.63, 3.8) is 0 Å². The normalized spacial score (nSPS) is 25.2. The SMILES string of the molecule is CC(=O)OCC1CC(=O)C(CSCC(O)CO)C1. The first kappa shape index (κ1) is 15.5. The number of carbonyl (C=O) groups excluding carboxylic acids is 2. The van der Waals surface area contributed by atoms with E-state index < -0.39 is 6.10 Å². The number of hydrogen-bond donors (Lipinski definition) is 2. The maximum absolute atomic E-state index is 11.7. The summed E-state index contributed by atoms with van der Waals surface area (Å²) in [6.45, 7) is 1.43. The van der Waals surface area contributed by atoms with E-state index in [1.165, 1.54) is 18.7 Å². The molecule has 104 valence electrons. The third-order valence-electron chi connectivity index (χ3n) is 2.93. The summed E-state index contributed by atoms with van der Waals surface area (Å²) < 4.78 is 4.91. The van der Waals surface area contributed by atoms with Crippen LogP contribution in [-0.4, -0.2) is 52.8 Å². The van der Waals surface area contributed by atoms with Crippen LogP contribution in [0.25, 0.3) is 0 Å². The minimum absolute atomic E-state index is 0.0125. The van der Waals surface area contributed by atoms with E-state index in [0.717, 1.165) is 6.42 Å². The number of ether oxygens (including phenoxy) is 1. The Balaban J connectivity index is 2.23. The Morgan fingerprint density at radius 2 is 2.33 bits per heavy atom. The fourth-order valence-electron chi connectivity index (χ4n) is 1.99. The zero-order valence-corrected chi connectivity index (χ0v) is 11.3. The highest BCUT2D eigenvalue weighted by Gasteiger charge is 2.32. The van der Waals surface area contributed by atoms with Gasteiger partial charge in [0.25, 0.3) is 0 Å². The molecule has 3 atom stereocenters. The molecule has 1 fully saturated rings. The van der Waals surface area contributed by atoms with E-state index in [2.05, 4.69) is 0 Å². The van der Waals surface area contributed by atoms with Crippen molar-refractivity contribution in [1.82, 2.24) is 0 Å². The van der Waals surface area contributed by atoms with Crippen LogP contribution in [0.5, 0.6) is 0 Å². The van der Waals surface area contributed by atoms with Crippen molar-refractivity contribution >= 4 is 23.5 Å². The van der Waals surface area contributed by atoms with Crippen LogP contribution in [-0.2, 0) is 14.3 Å². The molecule has 18 heavy (non-hydrogen) atoms. The van der Waals surface area contributed by atoms with Gasteiger partial charge in [0.2, 0.25) is 0 Å². The second kappa shape index (κ2) is 7.76. The van der Waals surface area contributed by atoms with E-state index in [1.54, 1.807) is 0 Å². The number of thioether (sulfide) groups is 1. The fraction of sp³-hybridized carbons (Fsp3) is 0.833. The van der Waals surface area contributed by atoms with Gasteiger partial charge in [0.05, 0.1) is 19.3 Å². The first-order chi connectivity index (χ1) is 8.52. The molecular formula is C12H20O5S. The summed E-state index contributed by atoms with van der Waals surface area (Å²) in [5, 5.41) is 17.8. The minimum atomic E-state index is -0.719. The molecule has 2 N–H and O–H groups in total. The highest BCUT2D eigenvalue weighted by atomic mass is 32.2. The van der Waals surface area contributed by atoms with E-state index in [-0.39, 0.29) is 30.2 Å². The summed E-state index contributed by atoms with van der Waals surface area (Å²) in [6, 6.07) is 0.